The van der Waals surface area contributed by atoms with Gasteiger partial charge in [-0.25, -0.2) is 24.4 Å². The summed E-state index contributed by atoms with van der Waals surface area (Å²) in [6.45, 7) is 16.7. The van der Waals surface area contributed by atoms with Crippen LogP contribution in [-0.2, 0) is 34.9 Å². The lowest BCUT2D eigenvalue weighted by molar-refractivity contribution is -0.139. The number of esters is 2. The van der Waals surface area contributed by atoms with E-state index >= 15 is 0 Å². The number of hydrogen-bond donors (Lipinski definition) is 2. The first-order valence-corrected chi connectivity index (χ1v) is 28.0. The minimum absolute atomic E-state index is 0.0149. The first kappa shape index (κ1) is 59.8. The van der Waals surface area contributed by atoms with Crippen molar-refractivity contribution in [3.05, 3.63) is 154 Å². The average Bonchev–Trinajstić information content (AvgIpc) is 3.87. The fourth-order valence-corrected chi connectivity index (χ4v) is 11.7. The predicted molar refractivity (Wildman–Crippen MR) is 302 cm³/mol. The fourth-order valence-electron chi connectivity index (χ4n) is 11.3. The quantitative estimate of drug-likeness (QED) is 0.109. The molecule has 17 nitrogen and oxygen atoms in total. The number of alkyl halides is 6. The van der Waals surface area contributed by atoms with Gasteiger partial charge in [-0.3, -0.25) is 23.7 Å². The van der Waals surface area contributed by atoms with E-state index in [1.165, 1.54) is 24.5 Å². The number of amides is 1. The number of fused-ring (bicyclic) bond motifs is 4. The smallest absolute Gasteiger partial charge is 0.416 e. The summed E-state index contributed by atoms with van der Waals surface area (Å²) >= 11 is 11.8. The Kier molecular flexibility index (Phi) is 16.8. The van der Waals surface area contributed by atoms with E-state index in [9.17, 15) is 40.7 Å². The van der Waals surface area contributed by atoms with Crippen molar-refractivity contribution in [3.8, 4) is 22.5 Å². The SMILES string of the molecule is CC(C)(C)OC(=O)c1[nH]ncc1Cl.CC(C)(C)OC(=O)c1nn(C(=O)N2CC3CN(Cc4ccc(-c5cnc6ccccn56)cc4C(F)(F)F)CC3C2)cc1Cl.FC(F)(F)c1cc(-c2cnc3ccccn23)ccc1CN1CC2CNCC2C1. The molecule has 4 aliphatic rings. The zero-order valence-corrected chi connectivity index (χ0v) is 48.3. The molecular formula is C59H62Cl2F6N12O5. The highest BCUT2D eigenvalue weighted by Gasteiger charge is 2.44. The summed E-state index contributed by atoms with van der Waals surface area (Å²) < 4.78 is 99.2. The Labute approximate surface area is 489 Å². The van der Waals surface area contributed by atoms with Crippen molar-refractivity contribution in [2.45, 2.75) is 78.2 Å². The fraction of sp³-hybridized carbons (Fsp3) is 0.407. The van der Waals surface area contributed by atoms with Crippen molar-refractivity contribution in [2.24, 2.45) is 23.7 Å². The summed E-state index contributed by atoms with van der Waals surface area (Å²) in [6.07, 6.45) is 0.539. The number of pyridine rings is 2. The molecule has 0 saturated carbocycles. The van der Waals surface area contributed by atoms with Gasteiger partial charge in [-0.15, -0.1) is 0 Å². The number of likely N-dealkylation sites (tertiary alicyclic amines) is 3. The van der Waals surface area contributed by atoms with Crippen molar-refractivity contribution in [1.29, 1.82) is 0 Å². The molecule has 4 fully saturated rings. The first-order chi connectivity index (χ1) is 39.7. The van der Waals surface area contributed by atoms with Gasteiger partial charge >= 0.3 is 30.3 Å². The van der Waals surface area contributed by atoms with Gasteiger partial charge in [0.05, 0.1) is 57.3 Å². The molecule has 25 heteroatoms. The summed E-state index contributed by atoms with van der Waals surface area (Å²) in [5, 5.41) is 13.8. The Hall–Kier alpha value is -7.31. The van der Waals surface area contributed by atoms with E-state index in [0.29, 0.717) is 83.9 Å². The number of halogens is 8. The third-order valence-corrected chi connectivity index (χ3v) is 15.6. The van der Waals surface area contributed by atoms with Crippen molar-refractivity contribution in [3.63, 3.8) is 0 Å². The summed E-state index contributed by atoms with van der Waals surface area (Å²) in [6, 6.07) is 19.7. The van der Waals surface area contributed by atoms with Crippen molar-refractivity contribution >= 4 is 52.5 Å². The maximum Gasteiger partial charge on any atom is 0.416 e. The van der Waals surface area contributed by atoms with Gasteiger partial charge in [0.2, 0.25) is 0 Å². The van der Waals surface area contributed by atoms with Gasteiger partial charge in [0.1, 0.15) is 22.5 Å². The van der Waals surface area contributed by atoms with Crippen LogP contribution in [0.4, 0.5) is 31.1 Å². The topological polar surface area (TPSA) is 173 Å². The largest absolute Gasteiger partial charge is 0.455 e. The number of imidazole rings is 2. The number of rotatable bonds is 8. The monoisotopic (exact) mass is 1200 g/mol. The van der Waals surface area contributed by atoms with Crippen molar-refractivity contribution < 1.29 is 50.2 Å². The van der Waals surface area contributed by atoms with Gasteiger partial charge in [-0.05, 0) is 126 Å². The Morgan fingerprint density at radius 3 is 1.54 bits per heavy atom. The number of nitrogens with one attached hydrogen (secondary N) is 2. The van der Waals surface area contributed by atoms with Crippen molar-refractivity contribution in [1.82, 2.24) is 58.8 Å². The highest BCUT2D eigenvalue weighted by atomic mass is 35.5. The number of ether oxygens (including phenoxy) is 2. The van der Waals surface area contributed by atoms with E-state index in [1.54, 1.807) is 99.8 Å². The lowest BCUT2D eigenvalue weighted by Crippen LogP contribution is -2.36. The molecule has 444 valence electrons. The van der Waals surface area contributed by atoms with Gasteiger partial charge < -0.3 is 19.7 Å². The third kappa shape index (κ3) is 13.6. The molecule has 6 aromatic heterocycles. The molecule has 2 aromatic carbocycles. The molecule has 4 atom stereocenters. The zero-order chi connectivity index (χ0) is 60.0. The Bertz CT molecular complexity index is 3690. The summed E-state index contributed by atoms with van der Waals surface area (Å²) in [5.41, 5.74) is 1.71. The van der Waals surface area contributed by atoms with E-state index < -0.39 is 52.7 Å². The molecule has 84 heavy (non-hydrogen) atoms. The van der Waals surface area contributed by atoms with Crippen LogP contribution in [0.15, 0.2) is 110 Å². The molecule has 4 unspecified atom stereocenters. The van der Waals surface area contributed by atoms with Crippen molar-refractivity contribution in [2.75, 3.05) is 52.4 Å². The van der Waals surface area contributed by atoms with Gasteiger partial charge in [-0.2, -0.15) is 41.2 Å². The van der Waals surface area contributed by atoms with Crippen LogP contribution in [0.5, 0.6) is 0 Å². The standard InChI is InChI=1S/C30H30ClF3N6O3.C21H21F3N4.C8H11ClN2O2/c1-29(2,3)43-27(41)26-23(31)17-40(36-26)28(42)38-15-20-13-37(14-21(20)16-38)12-19-8-7-18(10-22(19)30(32,33)34)24-11-35-25-6-4-5-9-39(24)25;22-21(23,24)18-7-14(19-10-26-20-3-1-2-6-28(19)20)4-5-15(18)11-27-12-16-8-25-9-17(16)13-27;1-8(2,3)13-7(12)6-5(9)4-10-11-6/h4-11,17,20-21H,12-16H2,1-3H3;1-7,10,16-17,25H,8-9,11-13H2;4H,1-3H3,(H,10,11). The molecular weight excluding hydrogens is 1140 g/mol. The highest BCUT2D eigenvalue weighted by Crippen LogP contribution is 2.40. The van der Waals surface area contributed by atoms with E-state index in [1.807, 2.05) is 45.8 Å². The predicted octanol–water partition coefficient (Wildman–Crippen LogP) is 11.5. The summed E-state index contributed by atoms with van der Waals surface area (Å²) in [4.78, 5) is 51.3. The lowest BCUT2D eigenvalue weighted by atomic mass is 10.0. The normalized spacial score (nSPS) is 19.2. The van der Waals surface area contributed by atoms with Crippen LogP contribution in [0.25, 0.3) is 33.8 Å². The van der Waals surface area contributed by atoms with Crippen LogP contribution < -0.4 is 5.32 Å². The van der Waals surface area contributed by atoms with E-state index in [0.717, 1.165) is 30.9 Å². The first-order valence-electron chi connectivity index (χ1n) is 27.3. The van der Waals surface area contributed by atoms with Crippen LogP contribution in [0.2, 0.25) is 10.0 Å². The number of hydrogen-bond acceptors (Lipinski definition) is 12. The highest BCUT2D eigenvalue weighted by molar-refractivity contribution is 6.33. The minimum atomic E-state index is -4.52. The summed E-state index contributed by atoms with van der Waals surface area (Å²) in [7, 11) is 0. The number of aromatic amines is 1. The van der Waals surface area contributed by atoms with Crippen LogP contribution in [0.1, 0.15) is 84.8 Å². The number of H-pyrrole nitrogens is 1. The molecule has 0 spiro atoms. The number of carbonyl (C=O) groups is 3. The van der Waals surface area contributed by atoms with E-state index in [2.05, 4.69) is 35.5 Å². The molecule has 8 aromatic rings. The van der Waals surface area contributed by atoms with Gasteiger partial charge in [0, 0.05) is 75.9 Å². The lowest BCUT2D eigenvalue weighted by Gasteiger charge is -2.23. The van der Waals surface area contributed by atoms with Crippen LogP contribution >= 0.6 is 23.2 Å². The third-order valence-electron chi connectivity index (χ3n) is 15.0. The van der Waals surface area contributed by atoms with Crippen LogP contribution in [0.3, 0.4) is 0 Å². The zero-order valence-electron chi connectivity index (χ0n) is 46.8. The molecule has 0 aliphatic carbocycles. The Balaban J connectivity index is 0.000000163. The Morgan fingerprint density at radius 2 is 1.08 bits per heavy atom. The second kappa shape index (κ2) is 23.6. The van der Waals surface area contributed by atoms with Crippen LogP contribution in [0, 0.1) is 23.7 Å². The molecule has 2 N–H and O–H groups in total. The molecule has 4 saturated heterocycles. The van der Waals surface area contributed by atoms with Gasteiger partial charge in [0.25, 0.3) is 0 Å². The molecule has 0 radical (unpaired) electrons. The molecule has 4 aliphatic heterocycles. The van der Waals surface area contributed by atoms with Crippen LogP contribution in [-0.4, -0.2) is 135 Å². The second-order valence-corrected chi connectivity index (χ2v) is 24.3. The van der Waals surface area contributed by atoms with Gasteiger partial charge in [-0.1, -0.05) is 59.6 Å². The number of benzene rings is 2. The number of carbonyl (C=O) groups excluding carboxylic acids is 3. The van der Waals surface area contributed by atoms with Gasteiger partial charge in [0.15, 0.2) is 11.4 Å². The number of nitrogens with zero attached hydrogens (tertiary/aromatic N) is 10. The molecule has 10 heterocycles. The average molecular weight is 1200 g/mol. The van der Waals surface area contributed by atoms with E-state index in [-0.39, 0.29) is 45.4 Å². The maximum atomic E-state index is 14.2. The number of aromatic nitrogens is 8. The molecule has 0 bridgehead atoms. The summed E-state index contributed by atoms with van der Waals surface area (Å²) in [5.74, 6) is 0.121. The minimum Gasteiger partial charge on any atom is -0.455 e. The molecule has 1 amide bonds. The Morgan fingerprint density at radius 1 is 0.607 bits per heavy atom. The van der Waals surface area contributed by atoms with E-state index in [4.69, 9.17) is 32.7 Å². The maximum absolute atomic E-state index is 14.2. The second-order valence-electron chi connectivity index (χ2n) is 23.5. The molecule has 12 rings (SSSR count).